The van der Waals surface area contributed by atoms with Gasteiger partial charge in [0.2, 0.25) is 0 Å². The van der Waals surface area contributed by atoms with Crippen molar-refractivity contribution < 1.29 is 4.39 Å². The van der Waals surface area contributed by atoms with E-state index in [1.165, 1.54) is 12.1 Å². The number of rotatable bonds is 3. The highest BCUT2D eigenvalue weighted by Crippen LogP contribution is 2.17. The van der Waals surface area contributed by atoms with Gasteiger partial charge in [0.1, 0.15) is 11.6 Å². The Labute approximate surface area is 110 Å². The molecule has 0 aliphatic carbocycles. The van der Waals surface area contributed by atoms with Crippen molar-refractivity contribution in [2.75, 3.05) is 0 Å². The van der Waals surface area contributed by atoms with Gasteiger partial charge in [0, 0.05) is 12.5 Å². The van der Waals surface area contributed by atoms with Gasteiger partial charge in [0.15, 0.2) is 0 Å². The lowest BCUT2D eigenvalue weighted by Crippen LogP contribution is -2.14. The van der Waals surface area contributed by atoms with Gasteiger partial charge in [-0.15, -0.1) is 0 Å². The van der Waals surface area contributed by atoms with Crippen LogP contribution in [0.5, 0.6) is 0 Å². The Kier molecular flexibility index (Phi) is 3.01. The molecular formula is C15H14FN3. The molecule has 1 atom stereocenters. The van der Waals surface area contributed by atoms with Gasteiger partial charge in [0.05, 0.1) is 11.0 Å². The van der Waals surface area contributed by atoms with Crippen molar-refractivity contribution >= 4 is 11.0 Å². The second-order valence-electron chi connectivity index (χ2n) is 4.56. The predicted octanol–water partition coefficient (Wildman–Crippen LogP) is 2.94. The Hall–Kier alpha value is -2.20. The molecule has 3 nitrogen and oxygen atoms in total. The summed E-state index contributed by atoms with van der Waals surface area (Å²) in [5.41, 5.74) is 8.96. The van der Waals surface area contributed by atoms with E-state index in [-0.39, 0.29) is 11.9 Å². The minimum atomic E-state index is -0.250. The summed E-state index contributed by atoms with van der Waals surface area (Å²) in [7, 11) is 0. The molecule has 0 amide bonds. The number of para-hydroxylation sites is 2. The zero-order valence-electron chi connectivity index (χ0n) is 10.3. The fourth-order valence-corrected chi connectivity index (χ4v) is 2.14. The van der Waals surface area contributed by atoms with E-state index in [1.54, 1.807) is 12.1 Å². The summed E-state index contributed by atoms with van der Waals surface area (Å²) in [5, 5.41) is 0. The van der Waals surface area contributed by atoms with Crippen LogP contribution in [0.4, 0.5) is 4.39 Å². The van der Waals surface area contributed by atoms with E-state index in [9.17, 15) is 4.39 Å². The van der Waals surface area contributed by atoms with Crippen molar-refractivity contribution in [3.8, 4) is 0 Å². The zero-order valence-corrected chi connectivity index (χ0v) is 10.3. The lowest BCUT2D eigenvalue weighted by molar-refractivity contribution is 0.623. The van der Waals surface area contributed by atoms with E-state index in [0.717, 1.165) is 22.4 Å². The van der Waals surface area contributed by atoms with Gasteiger partial charge in [0.25, 0.3) is 0 Å². The molecule has 96 valence electrons. The SMILES string of the molecule is N[C@@H](Cc1nc2ccccc2[nH]1)c1ccc(F)cc1. The minimum Gasteiger partial charge on any atom is -0.342 e. The number of aromatic amines is 1. The largest absolute Gasteiger partial charge is 0.342 e. The third-order valence-electron chi connectivity index (χ3n) is 3.15. The van der Waals surface area contributed by atoms with Crippen molar-refractivity contribution in [1.82, 2.24) is 9.97 Å². The molecule has 0 aliphatic heterocycles. The highest BCUT2D eigenvalue weighted by atomic mass is 19.1. The molecule has 0 saturated carbocycles. The first kappa shape index (κ1) is 11.9. The number of hydrogen-bond donors (Lipinski definition) is 2. The second-order valence-corrected chi connectivity index (χ2v) is 4.56. The number of nitrogens with zero attached hydrogens (tertiary/aromatic N) is 1. The molecule has 0 unspecified atom stereocenters. The Morgan fingerprint density at radius 2 is 1.84 bits per heavy atom. The summed E-state index contributed by atoms with van der Waals surface area (Å²) in [6.45, 7) is 0. The van der Waals surface area contributed by atoms with Crippen LogP contribution in [0.1, 0.15) is 17.4 Å². The number of fused-ring (bicyclic) bond motifs is 1. The average molecular weight is 255 g/mol. The number of hydrogen-bond acceptors (Lipinski definition) is 2. The van der Waals surface area contributed by atoms with Gasteiger partial charge in [-0.25, -0.2) is 9.37 Å². The molecule has 3 aromatic rings. The van der Waals surface area contributed by atoms with Gasteiger partial charge in [-0.2, -0.15) is 0 Å². The van der Waals surface area contributed by atoms with Crippen molar-refractivity contribution in [2.45, 2.75) is 12.5 Å². The first-order valence-corrected chi connectivity index (χ1v) is 6.17. The van der Waals surface area contributed by atoms with Gasteiger partial charge in [-0.05, 0) is 29.8 Å². The molecule has 1 aromatic heterocycles. The number of nitrogens with one attached hydrogen (secondary N) is 1. The van der Waals surface area contributed by atoms with E-state index in [2.05, 4.69) is 9.97 Å². The molecule has 0 spiro atoms. The first-order valence-electron chi connectivity index (χ1n) is 6.17. The third-order valence-corrected chi connectivity index (χ3v) is 3.15. The van der Waals surface area contributed by atoms with Gasteiger partial charge in [-0.3, -0.25) is 0 Å². The van der Waals surface area contributed by atoms with Crippen LogP contribution in [0, 0.1) is 5.82 Å². The quantitative estimate of drug-likeness (QED) is 0.756. The Bertz CT molecular complexity index is 655. The van der Waals surface area contributed by atoms with Crippen LogP contribution in [0.3, 0.4) is 0 Å². The highest BCUT2D eigenvalue weighted by Gasteiger charge is 2.10. The molecule has 0 bridgehead atoms. The number of aromatic nitrogens is 2. The fraction of sp³-hybridized carbons (Fsp3) is 0.133. The summed E-state index contributed by atoms with van der Waals surface area (Å²) in [5.74, 6) is 0.595. The maximum absolute atomic E-state index is 12.9. The molecule has 0 saturated heterocycles. The van der Waals surface area contributed by atoms with E-state index < -0.39 is 0 Å². The molecule has 0 fully saturated rings. The highest BCUT2D eigenvalue weighted by molar-refractivity contribution is 5.74. The number of benzene rings is 2. The standard InChI is InChI=1S/C15H14FN3/c16-11-7-5-10(6-8-11)12(17)9-15-18-13-3-1-2-4-14(13)19-15/h1-8,12H,9,17H2,(H,18,19)/t12-/m0/s1. The van der Waals surface area contributed by atoms with Crippen molar-refractivity contribution in [3.05, 3.63) is 65.7 Å². The molecule has 1 heterocycles. The van der Waals surface area contributed by atoms with Crippen LogP contribution in [-0.2, 0) is 6.42 Å². The number of H-pyrrole nitrogens is 1. The Morgan fingerprint density at radius 3 is 2.58 bits per heavy atom. The normalized spacial score (nSPS) is 12.7. The van der Waals surface area contributed by atoms with Gasteiger partial charge in [-0.1, -0.05) is 24.3 Å². The fourth-order valence-electron chi connectivity index (χ4n) is 2.14. The smallest absolute Gasteiger partial charge is 0.123 e. The summed E-state index contributed by atoms with van der Waals surface area (Å²) in [6.07, 6.45) is 0.598. The van der Waals surface area contributed by atoms with Crippen LogP contribution in [0.25, 0.3) is 11.0 Å². The van der Waals surface area contributed by atoms with Crippen LogP contribution in [0.15, 0.2) is 48.5 Å². The summed E-state index contributed by atoms with van der Waals surface area (Å²) in [6, 6.07) is 13.9. The molecule has 3 N–H and O–H groups in total. The second kappa shape index (κ2) is 4.82. The van der Waals surface area contributed by atoms with Crippen molar-refractivity contribution in [2.24, 2.45) is 5.73 Å². The van der Waals surface area contributed by atoms with E-state index in [0.29, 0.717) is 6.42 Å². The summed E-state index contributed by atoms with van der Waals surface area (Å²) < 4.78 is 12.9. The predicted molar refractivity (Wildman–Crippen MR) is 73.1 cm³/mol. The monoisotopic (exact) mass is 255 g/mol. The van der Waals surface area contributed by atoms with Gasteiger partial charge < -0.3 is 10.7 Å². The molecule has 2 aromatic carbocycles. The lowest BCUT2D eigenvalue weighted by Gasteiger charge is -2.09. The topological polar surface area (TPSA) is 54.7 Å². The van der Waals surface area contributed by atoms with E-state index in [1.807, 2.05) is 24.3 Å². The summed E-state index contributed by atoms with van der Waals surface area (Å²) in [4.78, 5) is 7.73. The van der Waals surface area contributed by atoms with Crippen LogP contribution in [0.2, 0.25) is 0 Å². The summed E-state index contributed by atoms with van der Waals surface area (Å²) >= 11 is 0. The van der Waals surface area contributed by atoms with Crippen molar-refractivity contribution in [1.29, 1.82) is 0 Å². The average Bonchev–Trinajstić information content (AvgIpc) is 2.81. The molecule has 4 heteroatoms. The number of nitrogens with two attached hydrogens (primary N) is 1. The molecule has 0 aliphatic rings. The number of halogens is 1. The first-order chi connectivity index (χ1) is 9.22. The molecule has 3 rings (SSSR count). The Balaban J connectivity index is 1.82. The lowest BCUT2D eigenvalue weighted by atomic mass is 10.0. The van der Waals surface area contributed by atoms with Crippen LogP contribution in [-0.4, -0.2) is 9.97 Å². The Morgan fingerprint density at radius 1 is 1.11 bits per heavy atom. The number of imidazole rings is 1. The molecular weight excluding hydrogens is 241 g/mol. The molecule has 19 heavy (non-hydrogen) atoms. The zero-order chi connectivity index (χ0) is 13.2. The van der Waals surface area contributed by atoms with Crippen LogP contribution < -0.4 is 5.73 Å². The van der Waals surface area contributed by atoms with Crippen molar-refractivity contribution in [3.63, 3.8) is 0 Å². The van der Waals surface area contributed by atoms with Crippen LogP contribution >= 0.6 is 0 Å². The van der Waals surface area contributed by atoms with E-state index >= 15 is 0 Å². The minimum absolute atomic E-state index is 0.193. The third kappa shape index (κ3) is 2.48. The maximum Gasteiger partial charge on any atom is 0.123 e. The van der Waals surface area contributed by atoms with Gasteiger partial charge >= 0.3 is 0 Å². The molecule has 0 radical (unpaired) electrons. The van der Waals surface area contributed by atoms with E-state index in [4.69, 9.17) is 5.73 Å². The maximum atomic E-state index is 12.9.